The molecular weight excluding hydrogens is 331 g/mol. The first kappa shape index (κ1) is 15.4. The number of fused-ring (bicyclic) bond motifs is 3. The van der Waals surface area contributed by atoms with Crippen LogP contribution in [0.1, 0.15) is 11.1 Å². The number of rotatable bonds is 1. The van der Waals surface area contributed by atoms with Crippen LogP contribution in [0.5, 0.6) is 5.88 Å². The summed E-state index contributed by atoms with van der Waals surface area (Å²) in [6.07, 6.45) is -4.48. The minimum absolute atomic E-state index is 0.0743. The zero-order chi connectivity index (χ0) is 17.8. The predicted octanol–water partition coefficient (Wildman–Crippen LogP) is 3.17. The van der Waals surface area contributed by atoms with Gasteiger partial charge >= 0.3 is 6.18 Å². The Labute approximate surface area is 140 Å². The fourth-order valence-corrected chi connectivity index (χ4v) is 2.94. The van der Waals surface area contributed by atoms with Crippen LogP contribution in [0.25, 0.3) is 22.1 Å². The van der Waals surface area contributed by atoms with E-state index in [2.05, 4.69) is 5.21 Å². The molecular formula is C18H12F3N3O. The Morgan fingerprint density at radius 2 is 1.76 bits per heavy atom. The number of halogens is 3. The van der Waals surface area contributed by atoms with E-state index in [-0.39, 0.29) is 5.69 Å². The number of hydrogen-bond acceptors (Lipinski definition) is 2. The number of aromatic nitrogens is 3. The average Bonchev–Trinajstić information content (AvgIpc) is 2.92. The average molecular weight is 343 g/mol. The van der Waals surface area contributed by atoms with Gasteiger partial charge in [0.25, 0.3) is 0 Å². The molecule has 25 heavy (non-hydrogen) atoms. The molecule has 0 N–H and O–H groups in total. The Balaban J connectivity index is 2.01. The third kappa shape index (κ3) is 2.39. The molecule has 0 spiro atoms. The second-order valence-electron chi connectivity index (χ2n) is 5.80. The van der Waals surface area contributed by atoms with Gasteiger partial charge in [-0.1, -0.05) is 28.8 Å². The van der Waals surface area contributed by atoms with Gasteiger partial charge in [-0.25, -0.2) is 0 Å². The summed E-state index contributed by atoms with van der Waals surface area (Å²) in [4.78, 5) is 0. The first-order valence-corrected chi connectivity index (χ1v) is 7.54. The van der Waals surface area contributed by atoms with Crippen LogP contribution in [-0.2, 0) is 6.18 Å². The van der Waals surface area contributed by atoms with Crippen LogP contribution in [0.3, 0.4) is 0 Å². The first-order chi connectivity index (χ1) is 11.9. The van der Waals surface area contributed by atoms with E-state index in [1.54, 1.807) is 6.07 Å². The maximum Gasteiger partial charge on any atom is 0.416 e. The molecule has 2 aromatic carbocycles. The van der Waals surface area contributed by atoms with Crippen LogP contribution in [-0.4, -0.2) is 9.90 Å². The van der Waals surface area contributed by atoms with Gasteiger partial charge in [0, 0.05) is 5.39 Å². The third-order valence-electron chi connectivity index (χ3n) is 4.15. The monoisotopic (exact) mass is 343 g/mol. The third-order valence-corrected chi connectivity index (χ3v) is 4.15. The molecule has 4 rings (SSSR count). The summed E-state index contributed by atoms with van der Waals surface area (Å²) in [7, 11) is 0. The lowest BCUT2D eigenvalue weighted by atomic mass is 10.1. The molecule has 0 saturated carbocycles. The van der Waals surface area contributed by atoms with E-state index in [1.807, 2.05) is 31.2 Å². The van der Waals surface area contributed by atoms with Crippen LogP contribution in [0, 0.1) is 6.92 Å². The van der Waals surface area contributed by atoms with Gasteiger partial charge in [-0.15, -0.1) is 4.68 Å². The first-order valence-electron chi connectivity index (χ1n) is 7.54. The molecule has 4 aromatic rings. The minimum Gasteiger partial charge on any atom is -0.837 e. The number of nitrogens with zero attached hydrogens (tertiary/aromatic N) is 3. The van der Waals surface area contributed by atoms with Crippen molar-refractivity contribution in [3.8, 4) is 11.6 Å². The van der Waals surface area contributed by atoms with Crippen molar-refractivity contribution in [2.24, 2.45) is 0 Å². The van der Waals surface area contributed by atoms with Crippen LogP contribution < -0.4 is 9.62 Å². The van der Waals surface area contributed by atoms with Crippen molar-refractivity contribution >= 4 is 16.4 Å². The summed E-state index contributed by atoms with van der Waals surface area (Å²) in [5, 5.41) is 17.8. The molecule has 0 saturated heterocycles. The normalized spacial score (nSPS) is 12.2. The molecule has 7 heteroatoms. The highest BCUT2D eigenvalue weighted by Crippen LogP contribution is 2.31. The van der Waals surface area contributed by atoms with Crippen molar-refractivity contribution in [1.29, 1.82) is 0 Å². The standard InChI is InChI=1S/C18H12F3N3O/c1-11-9-16-17(25)23(13-6-4-5-12(10-13)18(19,20)21)22-24(16)15-8-3-2-7-14(11)15/h2-10H,1H3. The van der Waals surface area contributed by atoms with Gasteiger partial charge < -0.3 is 5.11 Å². The van der Waals surface area contributed by atoms with Crippen molar-refractivity contribution < 1.29 is 22.8 Å². The maximum absolute atomic E-state index is 12.9. The zero-order valence-electron chi connectivity index (χ0n) is 13.1. The van der Waals surface area contributed by atoms with Gasteiger partial charge in [0.2, 0.25) is 0 Å². The zero-order valence-corrected chi connectivity index (χ0v) is 13.1. The summed E-state index contributed by atoms with van der Waals surface area (Å²) in [5.74, 6) is -0.465. The molecule has 0 bridgehead atoms. The Bertz CT molecular complexity index is 1120. The molecule has 0 unspecified atom stereocenters. The smallest absolute Gasteiger partial charge is 0.416 e. The topological polar surface area (TPSA) is 45.0 Å². The van der Waals surface area contributed by atoms with E-state index in [9.17, 15) is 18.3 Å². The summed E-state index contributed by atoms with van der Waals surface area (Å²) in [6, 6.07) is 13.7. The van der Waals surface area contributed by atoms with Crippen molar-refractivity contribution in [1.82, 2.24) is 9.90 Å². The number of alkyl halides is 3. The van der Waals surface area contributed by atoms with E-state index in [0.717, 1.165) is 33.3 Å². The van der Waals surface area contributed by atoms with Gasteiger partial charge in [0.1, 0.15) is 11.1 Å². The summed E-state index contributed by atoms with van der Waals surface area (Å²) in [5.41, 5.74) is 1.19. The molecule has 2 aromatic heterocycles. The lowest BCUT2D eigenvalue weighted by molar-refractivity contribution is -0.556. The molecule has 0 aliphatic heterocycles. The predicted molar refractivity (Wildman–Crippen MR) is 83.4 cm³/mol. The van der Waals surface area contributed by atoms with Gasteiger partial charge in [0.15, 0.2) is 16.7 Å². The number of aryl methyl sites for hydroxylation is 1. The van der Waals surface area contributed by atoms with Crippen LogP contribution in [0.4, 0.5) is 13.2 Å². The van der Waals surface area contributed by atoms with E-state index >= 15 is 0 Å². The highest BCUT2D eigenvalue weighted by molar-refractivity contribution is 5.81. The van der Waals surface area contributed by atoms with Crippen LogP contribution in [0.15, 0.2) is 54.6 Å². The lowest BCUT2D eigenvalue weighted by Crippen LogP contribution is -2.26. The molecule has 0 radical (unpaired) electrons. The fourth-order valence-electron chi connectivity index (χ4n) is 2.94. The van der Waals surface area contributed by atoms with Crippen molar-refractivity contribution in [3.05, 3.63) is 65.7 Å². The summed E-state index contributed by atoms with van der Waals surface area (Å²) in [6.45, 7) is 1.88. The maximum atomic E-state index is 12.9. The largest absolute Gasteiger partial charge is 0.837 e. The van der Waals surface area contributed by atoms with E-state index < -0.39 is 17.6 Å². The summed E-state index contributed by atoms with van der Waals surface area (Å²) < 4.78 is 41.3. The second-order valence-corrected chi connectivity index (χ2v) is 5.80. The quantitative estimate of drug-likeness (QED) is 0.498. The number of pyridine rings is 1. The highest BCUT2D eigenvalue weighted by atomic mass is 19.4. The van der Waals surface area contributed by atoms with E-state index in [0.29, 0.717) is 5.52 Å². The van der Waals surface area contributed by atoms with Crippen molar-refractivity contribution in [2.45, 2.75) is 13.1 Å². The van der Waals surface area contributed by atoms with Gasteiger partial charge in [-0.2, -0.15) is 13.2 Å². The van der Waals surface area contributed by atoms with Crippen molar-refractivity contribution in [3.63, 3.8) is 0 Å². The van der Waals surface area contributed by atoms with Gasteiger partial charge in [0.05, 0.1) is 5.56 Å². The van der Waals surface area contributed by atoms with E-state index in [1.165, 1.54) is 16.6 Å². The molecule has 0 aliphatic rings. The Hall–Kier alpha value is -3.09. The number of para-hydroxylation sites is 1. The molecule has 126 valence electrons. The van der Waals surface area contributed by atoms with Crippen LogP contribution >= 0.6 is 0 Å². The Kier molecular flexibility index (Phi) is 3.21. The lowest BCUT2D eigenvalue weighted by Gasteiger charge is -2.07. The molecule has 2 heterocycles. The Morgan fingerprint density at radius 3 is 2.52 bits per heavy atom. The van der Waals surface area contributed by atoms with Crippen LogP contribution in [0.2, 0.25) is 0 Å². The van der Waals surface area contributed by atoms with Gasteiger partial charge in [-0.3, -0.25) is 0 Å². The molecule has 4 nitrogen and oxygen atoms in total. The van der Waals surface area contributed by atoms with E-state index in [4.69, 9.17) is 0 Å². The fraction of sp³-hybridized carbons (Fsp3) is 0.111. The highest BCUT2D eigenvalue weighted by Gasteiger charge is 2.31. The molecule has 0 amide bonds. The van der Waals surface area contributed by atoms with Crippen molar-refractivity contribution in [2.75, 3.05) is 0 Å². The number of benzene rings is 2. The minimum atomic E-state index is -4.48. The second kappa shape index (κ2) is 5.20. The molecule has 0 atom stereocenters. The summed E-state index contributed by atoms with van der Waals surface area (Å²) >= 11 is 0. The SMILES string of the molecule is Cc1cc2c([O-])n(-c3cccc(C(F)(F)F)c3)n[n+]2c2ccccc12. The van der Waals surface area contributed by atoms with Gasteiger partial charge in [-0.05, 0) is 42.8 Å². The number of hydrogen-bond donors (Lipinski definition) is 0. The molecule has 0 aliphatic carbocycles. The molecule has 0 fully saturated rings. The Morgan fingerprint density at radius 1 is 1.00 bits per heavy atom.